The average molecular weight is 136 g/mol. The van der Waals surface area contributed by atoms with Gasteiger partial charge >= 0.3 is 7.60 Å². The van der Waals surface area contributed by atoms with E-state index in [0.717, 1.165) is 0 Å². The quantitative estimate of drug-likeness (QED) is 0.315. The molecule has 2 N–H and O–H groups in total. The van der Waals surface area contributed by atoms with Crippen molar-refractivity contribution in [3.05, 3.63) is 11.9 Å². The lowest BCUT2D eigenvalue weighted by atomic mass is 10.7. The molecule has 0 radical (unpaired) electrons. The van der Waals surface area contributed by atoms with Crippen LogP contribution in [0.4, 0.5) is 0 Å². The van der Waals surface area contributed by atoms with Crippen molar-refractivity contribution >= 4 is 13.9 Å². The molecule has 0 amide bonds. The molecule has 0 aliphatic rings. The summed E-state index contributed by atoms with van der Waals surface area (Å²) < 4.78 is 9.93. The van der Waals surface area contributed by atoms with Crippen molar-refractivity contribution in [1.82, 2.24) is 0 Å². The van der Waals surface area contributed by atoms with Crippen LogP contribution in [0.2, 0.25) is 0 Å². The highest BCUT2D eigenvalue weighted by atomic mass is 31.2. The number of carbonyl (C=O) groups excluding carboxylic acids is 1. The molecule has 0 rings (SSSR count). The third-order valence-corrected chi connectivity index (χ3v) is 1.36. The van der Waals surface area contributed by atoms with Gasteiger partial charge in [0.2, 0.25) is 0 Å². The van der Waals surface area contributed by atoms with E-state index in [1.54, 1.807) is 0 Å². The first-order chi connectivity index (χ1) is 3.48. The highest BCUT2D eigenvalue weighted by Crippen LogP contribution is 2.41. The fraction of sp³-hybridized carbons (Fsp3) is 0. The largest absolute Gasteiger partial charge is 0.358 e. The van der Waals surface area contributed by atoms with Gasteiger partial charge in [0.15, 0.2) is 6.29 Å². The van der Waals surface area contributed by atoms with E-state index in [-0.39, 0.29) is 6.29 Å². The minimum Gasteiger partial charge on any atom is -0.321 e. The molecule has 0 fully saturated rings. The molecule has 0 atom stereocenters. The maximum atomic E-state index is 9.93. The van der Waals surface area contributed by atoms with Gasteiger partial charge < -0.3 is 9.79 Å². The SMILES string of the molecule is C=C(C=O)P(=O)(O)O. The van der Waals surface area contributed by atoms with Crippen LogP contribution in [0.25, 0.3) is 0 Å². The summed E-state index contributed by atoms with van der Waals surface area (Å²) in [7, 11) is -4.32. The Morgan fingerprint density at radius 2 is 2.00 bits per heavy atom. The summed E-state index contributed by atoms with van der Waals surface area (Å²) in [5.74, 6) is 0. The summed E-state index contributed by atoms with van der Waals surface area (Å²) >= 11 is 0. The molecule has 0 saturated carbocycles. The molecule has 0 aromatic rings. The van der Waals surface area contributed by atoms with Gasteiger partial charge in [0.25, 0.3) is 0 Å². The Morgan fingerprint density at radius 1 is 1.62 bits per heavy atom. The van der Waals surface area contributed by atoms with E-state index in [0.29, 0.717) is 0 Å². The predicted octanol–water partition coefficient (Wildman–Crippen LogP) is -0.123. The minimum atomic E-state index is -4.32. The van der Waals surface area contributed by atoms with Gasteiger partial charge in [-0.3, -0.25) is 9.36 Å². The van der Waals surface area contributed by atoms with Crippen molar-refractivity contribution in [1.29, 1.82) is 0 Å². The zero-order valence-corrected chi connectivity index (χ0v) is 4.84. The van der Waals surface area contributed by atoms with Crippen LogP contribution in [-0.4, -0.2) is 16.1 Å². The molecule has 0 aromatic heterocycles. The average Bonchev–Trinajstić information content (AvgIpc) is 1.62. The van der Waals surface area contributed by atoms with Crippen LogP contribution in [0.15, 0.2) is 11.9 Å². The van der Waals surface area contributed by atoms with Crippen LogP contribution in [0, 0.1) is 0 Å². The first-order valence-corrected chi connectivity index (χ1v) is 3.30. The van der Waals surface area contributed by atoms with Crippen LogP contribution in [0.5, 0.6) is 0 Å². The lowest BCUT2D eigenvalue weighted by Gasteiger charge is -1.96. The fourth-order valence-electron chi connectivity index (χ4n) is 0.0687. The van der Waals surface area contributed by atoms with Gasteiger partial charge in [-0.2, -0.15) is 0 Å². The number of hydrogen-bond acceptors (Lipinski definition) is 2. The zero-order chi connectivity index (χ0) is 6.78. The Balaban J connectivity index is 4.26. The number of aldehydes is 1. The van der Waals surface area contributed by atoms with E-state index in [1.165, 1.54) is 0 Å². The van der Waals surface area contributed by atoms with Gasteiger partial charge in [0, 0.05) is 0 Å². The molecule has 0 aliphatic heterocycles. The molecule has 0 unspecified atom stereocenters. The summed E-state index contributed by atoms with van der Waals surface area (Å²) in [4.78, 5) is 25.7. The van der Waals surface area contributed by atoms with Gasteiger partial charge in [-0.05, 0) is 0 Å². The number of rotatable bonds is 2. The van der Waals surface area contributed by atoms with E-state index >= 15 is 0 Å². The molecule has 0 aromatic carbocycles. The lowest BCUT2D eigenvalue weighted by molar-refractivity contribution is -0.104. The third kappa shape index (κ3) is 2.02. The van der Waals surface area contributed by atoms with Crippen LogP contribution in [-0.2, 0) is 9.36 Å². The van der Waals surface area contributed by atoms with E-state index in [2.05, 4.69) is 6.58 Å². The molecule has 8 heavy (non-hydrogen) atoms. The predicted molar refractivity (Wildman–Crippen MR) is 27.2 cm³/mol. The van der Waals surface area contributed by atoms with Gasteiger partial charge in [-0.25, -0.2) is 0 Å². The Kier molecular flexibility index (Phi) is 2.10. The normalized spacial score (nSPS) is 10.8. The van der Waals surface area contributed by atoms with Crippen LogP contribution in [0.3, 0.4) is 0 Å². The topological polar surface area (TPSA) is 74.6 Å². The van der Waals surface area contributed by atoms with Gasteiger partial charge in [0.1, 0.15) is 0 Å². The molecule has 0 saturated heterocycles. The van der Waals surface area contributed by atoms with E-state index in [9.17, 15) is 9.36 Å². The fourth-order valence-corrected chi connectivity index (χ4v) is 0.206. The second-order valence-corrected chi connectivity index (χ2v) is 2.82. The van der Waals surface area contributed by atoms with Crippen LogP contribution in [0.1, 0.15) is 0 Å². The summed E-state index contributed by atoms with van der Waals surface area (Å²) in [6.07, 6.45) is 0.0424. The highest BCUT2D eigenvalue weighted by Gasteiger charge is 2.16. The standard InChI is InChI=1S/C3H5O4P/c1-3(2-4)8(5,6)7/h2H,1H2,(H2,5,6,7). The van der Waals surface area contributed by atoms with Gasteiger partial charge in [-0.1, -0.05) is 6.58 Å². The molecule has 0 bridgehead atoms. The smallest absolute Gasteiger partial charge is 0.321 e. The molecule has 0 aliphatic carbocycles. The summed E-state index contributed by atoms with van der Waals surface area (Å²) in [6, 6.07) is 0. The Labute approximate surface area is 46.0 Å². The first kappa shape index (κ1) is 7.56. The van der Waals surface area contributed by atoms with Crippen molar-refractivity contribution in [3.63, 3.8) is 0 Å². The summed E-state index contributed by atoms with van der Waals surface area (Å²) in [5.41, 5.74) is 0. The summed E-state index contributed by atoms with van der Waals surface area (Å²) in [5, 5.41) is -0.683. The van der Waals surface area contributed by atoms with Crippen molar-refractivity contribution in [2.75, 3.05) is 0 Å². The van der Waals surface area contributed by atoms with Gasteiger partial charge in [-0.15, -0.1) is 0 Å². The number of allylic oxidation sites excluding steroid dienone is 1. The van der Waals surface area contributed by atoms with Crippen molar-refractivity contribution in [2.45, 2.75) is 0 Å². The zero-order valence-electron chi connectivity index (χ0n) is 3.94. The molecule has 4 nitrogen and oxygen atoms in total. The second kappa shape index (κ2) is 2.22. The molecule has 0 spiro atoms. The Hall–Kier alpha value is -0.440. The van der Waals surface area contributed by atoms with E-state index in [4.69, 9.17) is 9.79 Å². The van der Waals surface area contributed by atoms with Crippen molar-refractivity contribution < 1.29 is 19.1 Å². The van der Waals surface area contributed by atoms with Gasteiger partial charge in [0.05, 0.1) is 5.31 Å². The molecule has 5 heteroatoms. The van der Waals surface area contributed by atoms with E-state index < -0.39 is 12.9 Å². The first-order valence-electron chi connectivity index (χ1n) is 1.68. The second-order valence-electron chi connectivity index (χ2n) is 1.15. The van der Waals surface area contributed by atoms with Crippen LogP contribution >= 0.6 is 7.60 Å². The number of carbonyl (C=O) groups is 1. The highest BCUT2D eigenvalue weighted by molar-refractivity contribution is 7.57. The van der Waals surface area contributed by atoms with Crippen molar-refractivity contribution in [2.24, 2.45) is 0 Å². The van der Waals surface area contributed by atoms with Crippen molar-refractivity contribution in [3.8, 4) is 0 Å². The maximum absolute atomic E-state index is 9.93. The molecular weight excluding hydrogens is 131 g/mol. The molecular formula is C3H5O4P. The summed E-state index contributed by atoms with van der Waals surface area (Å²) in [6.45, 7) is 2.81. The lowest BCUT2D eigenvalue weighted by Crippen LogP contribution is -1.82. The molecule has 46 valence electrons. The Morgan fingerprint density at radius 3 is 2.00 bits per heavy atom. The molecule has 0 heterocycles. The Bertz CT molecular complexity index is 155. The van der Waals surface area contributed by atoms with E-state index in [1.807, 2.05) is 0 Å². The number of hydrogen-bond donors (Lipinski definition) is 2. The minimum absolute atomic E-state index is 0.0424. The monoisotopic (exact) mass is 136 g/mol. The maximum Gasteiger partial charge on any atom is 0.358 e. The van der Waals surface area contributed by atoms with Crippen LogP contribution < -0.4 is 0 Å². The third-order valence-electron chi connectivity index (χ3n) is 0.510.